The summed E-state index contributed by atoms with van der Waals surface area (Å²) in [6.07, 6.45) is 5.53. The van der Waals surface area contributed by atoms with Gasteiger partial charge in [-0.05, 0) is 67.4 Å². The normalized spacial score (nSPS) is 15.8. The number of nitrogens with zero attached hydrogens (tertiary/aromatic N) is 1. The zero-order valence-corrected chi connectivity index (χ0v) is 15.5. The second kappa shape index (κ2) is 9.33. The highest BCUT2D eigenvalue weighted by Crippen LogP contribution is 2.27. The van der Waals surface area contributed by atoms with E-state index in [1.165, 1.54) is 31.1 Å². The van der Waals surface area contributed by atoms with E-state index < -0.39 is 0 Å². The predicted octanol–water partition coefficient (Wildman–Crippen LogP) is 3.80. The number of halogens is 1. The maximum absolute atomic E-state index is 12.9. The Morgan fingerprint density at radius 2 is 1.96 bits per heavy atom. The molecule has 2 aromatic rings. The molecule has 3 rings (SSSR count). The highest BCUT2D eigenvalue weighted by molar-refractivity contribution is 5.91. The predicted molar refractivity (Wildman–Crippen MR) is 105 cm³/mol. The van der Waals surface area contributed by atoms with Gasteiger partial charge in [-0.2, -0.15) is 0 Å². The van der Waals surface area contributed by atoms with Gasteiger partial charge in [0.2, 0.25) is 5.91 Å². The van der Waals surface area contributed by atoms with Gasteiger partial charge in [-0.15, -0.1) is 0 Å². The van der Waals surface area contributed by atoms with E-state index in [2.05, 4.69) is 16.3 Å². The average Bonchev–Trinajstić information content (AvgIpc) is 3.22. The summed E-state index contributed by atoms with van der Waals surface area (Å²) in [5, 5.41) is 2.99. The van der Waals surface area contributed by atoms with Crippen molar-refractivity contribution < 1.29 is 13.9 Å². The average molecular weight is 368 g/mol. The van der Waals surface area contributed by atoms with E-state index in [1.54, 1.807) is 25.3 Å². The van der Waals surface area contributed by atoms with Gasteiger partial charge in [0.15, 0.2) is 0 Å². The molecule has 1 heterocycles. The number of methoxy groups -OCH3 is 1. The van der Waals surface area contributed by atoms with Crippen LogP contribution in [0, 0.1) is 5.82 Å². The number of ether oxygens (including phenoxy) is 1. The van der Waals surface area contributed by atoms with Gasteiger partial charge in [0.1, 0.15) is 11.6 Å². The maximum atomic E-state index is 12.9. The molecule has 5 heteroatoms. The third kappa shape index (κ3) is 5.41. The molecule has 1 amide bonds. The minimum Gasteiger partial charge on any atom is -0.497 e. The van der Waals surface area contributed by atoms with Crippen LogP contribution in [0.4, 0.5) is 4.39 Å². The molecule has 1 unspecified atom stereocenters. The van der Waals surface area contributed by atoms with Crippen LogP contribution in [0.25, 0.3) is 6.08 Å². The molecule has 1 aliphatic heterocycles. The van der Waals surface area contributed by atoms with Crippen molar-refractivity contribution in [3.63, 3.8) is 0 Å². The SMILES string of the molecule is COc1cccc(C(CNC(=O)/C=C/c2ccc(F)cc2)N2CCCC2)c1. The van der Waals surface area contributed by atoms with Crippen LogP contribution >= 0.6 is 0 Å². The van der Waals surface area contributed by atoms with Crippen LogP contribution < -0.4 is 10.1 Å². The van der Waals surface area contributed by atoms with E-state index in [0.29, 0.717) is 6.54 Å². The number of amides is 1. The maximum Gasteiger partial charge on any atom is 0.244 e. The smallest absolute Gasteiger partial charge is 0.244 e. The molecule has 2 aromatic carbocycles. The van der Waals surface area contributed by atoms with Gasteiger partial charge in [-0.1, -0.05) is 24.3 Å². The van der Waals surface area contributed by atoms with E-state index in [-0.39, 0.29) is 17.8 Å². The van der Waals surface area contributed by atoms with Crippen molar-refractivity contribution in [2.75, 3.05) is 26.7 Å². The number of carbonyl (C=O) groups is 1. The van der Waals surface area contributed by atoms with Crippen LogP contribution in [0.3, 0.4) is 0 Å². The van der Waals surface area contributed by atoms with Crippen molar-refractivity contribution in [2.24, 2.45) is 0 Å². The monoisotopic (exact) mass is 368 g/mol. The van der Waals surface area contributed by atoms with Gasteiger partial charge >= 0.3 is 0 Å². The standard InChI is InChI=1S/C22H25FN2O2/c1-27-20-6-4-5-18(15-20)21(25-13-2-3-14-25)16-24-22(26)12-9-17-7-10-19(23)11-8-17/h4-12,15,21H,2-3,13-14,16H2,1H3,(H,24,26)/b12-9+. The zero-order valence-electron chi connectivity index (χ0n) is 15.5. The molecule has 142 valence electrons. The first kappa shape index (κ1) is 19.1. The lowest BCUT2D eigenvalue weighted by atomic mass is 10.0. The Morgan fingerprint density at radius 3 is 2.67 bits per heavy atom. The first-order valence-corrected chi connectivity index (χ1v) is 9.25. The van der Waals surface area contributed by atoms with Crippen LogP contribution in [0.2, 0.25) is 0 Å². The molecule has 0 spiro atoms. The molecule has 1 aliphatic rings. The molecule has 1 N–H and O–H groups in total. The summed E-state index contributed by atoms with van der Waals surface area (Å²) in [5.74, 6) is 0.369. The van der Waals surface area contributed by atoms with Crippen molar-refractivity contribution in [1.82, 2.24) is 10.2 Å². The van der Waals surface area contributed by atoms with Gasteiger partial charge < -0.3 is 10.1 Å². The van der Waals surface area contributed by atoms with Crippen molar-refractivity contribution in [3.05, 3.63) is 71.6 Å². The second-order valence-corrected chi connectivity index (χ2v) is 6.67. The summed E-state index contributed by atoms with van der Waals surface area (Å²) in [5.41, 5.74) is 1.93. The fourth-order valence-corrected chi connectivity index (χ4v) is 3.36. The number of carbonyl (C=O) groups excluding carboxylic acids is 1. The summed E-state index contributed by atoms with van der Waals surface area (Å²) in [7, 11) is 1.66. The van der Waals surface area contributed by atoms with Crippen LogP contribution in [-0.2, 0) is 4.79 Å². The largest absolute Gasteiger partial charge is 0.497 e. The summed E-state index contributed by atoms with van der Waals surface area (Å²) >= 11 is 0. The van der Waals surface area contributed by atoms with Gasteiger partial charge in [-0.3, -0.25) is 9.69 Å². The van der Waals surface area contributed by atoms with Crippen LogP contribution in [-0.4, -0.2) is 37.6 Å². The first-order valence-electron chi connectivity index (χ1n) is 9.25. The first-order chi connectivity index (χ1) is 13.2. The van der Waals surface area contributed by atoms with Gasteiger partial charge in [-0.25, -0.2) is 4.39 Å². The van der Waals surface area contributed by atoms with Crippen LogP contribution in [0.5, 0.6) is 5.75 Å². The summed E-state index contributed by atoms with van der Waals surface area (Å²) < 4.78 is 18.3. The van der Waals surface area contributed by atoms with Crippen LogP contribution in [0.1, 0.15) is 30.0 Å². The van der Waals surface area contributed by atoms with Crippen molar-refractivity contribution in [2.45, 2.75) is 18.9 Å². The van der Waals surface area contributed by atoms with Gasteiger partial charge in [0.05, 0.1) is 13.2 Å². The van der Waals surface area contributed by atoms with E-state index in [0.717, 1.165) is 30.0 Å². The Labute approximate surface area is 159 Å². The number of rotatable bonds is 7. The van der Waals surface area contributed by atoms with E-state index in [9.17, 15) is 9.18 Å². The van der Waals surface area contributed by atoms with Crippen molar-refractivity contribution >= 4 is 12.0 Å². The Morgan fingerprint density at radius 1 is 1.22 bits per heavy atom. The fourth-order valence-electron chi connectivity index (χ4n) is 3.36. The Hall–Kier alpha value is -2.66. The molecule has 4 nitrogen and oxygen atoms in total. The van der Waals surface area contributed by atoms with Crippen molar-refractivity contribution in [3.8, 4) is 5.75 Å². The fraction of sp³-hybridized carbons (Fsp3) is 0.318. The molecule has 0 aromatic heterocycles. The molecule has 1 saturated heterocycles. The van der Waals surface area contributed by atoms with E-state index in [1.807, 2.05) is 18.2 Å². The third-order valence-electron chi connectivity index (χ3n) is 4.83. The van der Waals surface area contributed by atoms with Gasteiger partial charge in [0, 0.05) is 12.6 Å². The number of hydrogen-bond donors (Lipinski definition) is 1. The third-order valence-corrected chi connectivity index (χ3v) is 4.83. The van der Waals surface area contributed by atoms with E-state index >= 15 is 0 Å². The number of likely N-dealkylation sites (tertiary alicyclic amines) is 1. The van der Waals surface area contributed by atoms with E-state index in [4.69, 9.17) is 4.74 Å². The molecular weight excluding hydrogens is 343 g/mol. The molecule has 1 atom stereocenters. The molecule has 1 fully saturated rings. The Kier molecular flexibility index (Phi) is 6.60. The topological polar surface area (TPSA) is 41.6 Å². The lowest BCUT2D eigenvalue weighted by Crippen LogP contribution is -2.36. The molecule has 0 saturated carbocycles. The summed E-state index contributed by atoms with van der Waals surface area (Å²) in [6, 6.07) is 14.2. The lowest BCUT2D eigenvalue weighted by Gasteiger charge is -2.28. The zero-order chi connectivity index (χ0) is 19.1. The quantitative estimate of drug-likeness (QED) is 0.756. The highest BCUT2D eigenvalue weighted by Gasteiger charge is 2.24. The Bertz CT molecular complexity index is 783. The number of hydrogen-bond acceptors (Lipinski definition) is 3. The van der Waals surface area contributed by atoms with Gasteiger partial charge in [0.25, 0.3) is 0 Å². The minimum atomic E-state index is -0.289. The van der Waals surface area contributed by atoms with Crippen LogP contribution in [0.15, 0.2) is 54.6 Å². The molecular formula is C22H25FN2O2. The Balaban J connectivity index is 1.65. The molecule has 0 radical (unpaired) electrons. The number of benzene rings is 2. The lowest BCUT2D eigenvalue weighted by molar-refractivity contribution is -0.116. The molecule has 0 aliphatic carbocycles. The highest BCUT2D eigenvalue weighted by atomic mass is 19.1. The summed E-state index contributed by atoms with van der Waals surface area (Å²) in [4.78, 5) is 14.6. The minimum absolute atomic E-state index is 0.116. The second-order valence-electron chi connectivity index (χ2n) is 6.67. The summed E-state index contributed by atoms with van der Waals surface area (Å²) in [6.45, 7) is 2.59. The molecule has 0 bridgehead atoms. The molecule has 27 heavy (non-hydrogen) atoms. The number of nitrogens with one attached hydrogen (secondary N) is 1. The van der Waals surface area contributed by atoms with Crippen molar-refractivity contribution in [1.29, 1.82) is 0 Å².